The number of fused-ring (bicyclic) bond motifs is 1. The van der Waals surface area contributed by atoms with E-state index in [1.165, 1.54) is 34.7 Å². The van der Waals surface area contributed by atoms with Gasteiger partial charge in [-0.1, -0.05) is 12.1 Å². The first-order chi connectivity index (χ1) is 7.81. The molecule has 1 atom stereocenters. The molecule has 1 aromatic rings. The van der Waals surface area contributed by atoms with E-state index in [1.807, 2.05) is 18.8 Å². The number of benzene rings is 1. The van der Waals surface area contributed by atoms with Gasteiger partial charge in [0.05, 0.1) is 5.69 Å². The van der Waals surface area contributed by atoms with Crippen LogP contribution in [0.5, 0.6) is 0 Å². The molecule has 1 unspecified atom stereocenters. The van der Waals surface area contributed by atoms with Gasteiger partial charge in [-0.25, -0.2) is 0 Å². The molecule has 2 N–H and O–H groups in total. The Hall–Kier alpha value is -0.670. The first kappa shape index (κ1) is 11.8. The predicted molar refractivity (Wildman–Crippen MR) is 72.5 cm³/mol. The summed E-state index contributed by atoms with van der Waals surface area (Å²) in [5.74, 6) is 1.19. The molecule has 0 saturated carbocycles. The summed E-state index contributed by atoms with van der Waals surface area (Å²) in [4.78, 5) is 1.41. The summed E-state index contributed by atoms with van der Waals surface area (Å²) in [6, 6.07) is 7.17. The third kappa shape index (κ3) is 2.71. The van der Waals surface area contributed by atoms with Gasteiger partial charge < -0.3 is 10.6 Å². The maximum Gasteiger partial charge on any atom is 0.0510 e. The zero-order valence-corrected chi connectivity index (χ0v) is 10.9. The Labute approximate surface area is 102 Å². The van der Waals surface area contributed by atoms with Crippen molar-refractivity contribution in [3.8, 4) is 0 Å². The molecule has 2 rings (SSSR count). The summed E-state index contributed by atoms with van der Waals surface area (Å²) >= 11 is 1.99. The Kier molecular flexibility index (Phi) is 4.13. The number of nitrogens with one attached hydrogen (secondary N) is 2. The summed E-state index contributed by atoms with van der Waals surface area (Å²) in [6.45, 7) is 3.30. The van der Waals surface area contributed by atoms with Crippen LogP contribution < -0.4 is 10.6 Å². The van der Waals surface area contributed by atoms with Gasteiger partial charge in [-0.2, -0.15) is 0 Å². The Balaban J connectivity index is 1.97. The molecule has 0 fully saturated rings. The Bertz CT molecular complexity index is 352. The summed E-state index contributed by atoms with van der Waals surface area (Å²) < 4.78 is 0. The number of thioether (sulfide) groups is 1. The molecule has 16 heavy (non-hydrogen) atoms. The lowest BCUT2D eigenvalue weighted by Crippen LogP contribution is -2.27. The highest BCUT2D eigenvalue weighted by atomic mass is 32.2. The molecule has 0 spiro atoms. The van der Waals surface area contributed by atoms with Crippen molar-refractivity contribution in [3.05, 3.63) is 23.8 Å². The second-order valence-corrected chi connectivity index (χ2v) is 5.41. The number of anilines is 1. The molecule has 1 aromatic carbocycles. The van der Waals surface area contributed by atoms with Crippen molar-refractivity contribution < 1.29 is 0 Å². The van der Waals surface area contributed by atoms with Crippen LogP contribution in [0, 0.1) is 6.92 Å². The summed E-state index contributed by atoms with van der Waals surface area (Å²) in [5.41, 5.74) is 2.72. The highest BCUT2D eigenvalue weighted by Crippen LogP contribution is 2.36. The smallest absolute Gasteiger partial charge is 0.0510 e. The molecule has 2 nitrogen and oxygen atoms in total. The van der Waals surface area contributed by atoms with E-state index >= 15 is 0 Å². The summed E-state index contributed by atoms with van der Waals surface area (Å²) in [7, 11) is 2.02. The maximum absolute atomic E-state index is 3.68. The summed E-state index contributed by atoms with van der Waals surface area (Å²) in [6.07, 6.45) is 2.50. The molecule has 0 radical (unpaired) electrons. The van der Waals surface area contributed by atoms with E-state index in [4.69, 9.17) is 0 Å². The summed E-state index contributed by atoms with van der Waals surface area (Å²) in [5, 5.41) is 6.88. The zero-order chi connectivity index (χ0) is 11.4. The second-order valence-electron chi connectivity index (χ2n) is 4.35. The van der Waals surface area contributed by atoms with Crippen LogP contribution in [-0.4, -0.2) is 25.4 Å². The van der Waals surface area contributed by atoms with E-state index in [2.05, 4.69) is 35.8 Å². The Morgan fingerprint density at radius 2 is 2.38 bits per heavy atom. The van der Waals surface area contributed by atoms with Gasteiger partial charge in [0.25, 0.3) is 0 Å². The third-order valence-corrected chi connectivity index (χ3v) is 4.22. The largest absolute Gasteiger partial charge is 0.380 e. The van der Waals surface area contributed by atoms with Crippen molar-refractivity contribution >= 4 is 17.4 Å². The number of rotatable bonds is 4. The SMILES string of the molecule is CNCCCC1CSc2cccc(C)c2N1. The number of aryl methyl sites for hydroxylation is 1. The minimum Gasteiger partial charge on any atom is -0.380 e. The molecule has 3 heteroatoms. The second kappa shape index (κ2) is 5.60. The van der Waals surface area contributed by atoms with Crippen LogP contribution in [0.15, 0.2) is 23.1 Å². The fourth-order valence-electron chi connectivity index (χ4n) is 2.06. The van der Waals surface area contributed by atoms with Gasteiger partial charge >= 0.3 is 0 Å². The highest BCUT2D eigenvalue weighted by Gasteiger charge is 2.18. The van der Waals surface area contributed by atoms with E-state index in [9.17, 15) is 0 Å². The molecule has 0 saturated heterocycles. The van der Waals surface area contributed by atoms with E-state index in [-0.39, 0.29) is 0 Å². The van der Waals surface area contributed by atoms with Gasteiger partial charge in [0.1, 0.15) is 0 Å². The monoisotopic (exact) mass is 236 g/mol. The van der Waals surface area contributed by atoms with E-state index < -0.39 is 0 Å². The third-order valence-electron chi connectivity index (χ3n) is 3.00. The van der Waals surface area contributed by atoms with Crippen molar-refractivity contribution in [1.82, 2.24) is 5.32 Å². The fraction of sp³-hybridized carbons (Fsp3) is 0.538. The molecule has 0 amide bonds. The molecular formula is C13H20N2S. The normalized spacial score (nSPS) is 19.0. The lowest BCUT2D eigenvalue weighted by atomic mass is 10.1. The lowest BCUT2D eigenvalue weighted by molar-refractivity contribution is 0.626. The van der Waals surface area contributed by atoms with Crippen LogP contribution in [-0.2, 0) is 0 Å². The quantitative estimate of drug-likeness (QED) is 0.786. The Morgan fingerprint density at radius 3 is 3.19 bits per heavy atom. The maximum atomic E-state index is 3.68. The fourth-order valence-corrected chi connectivity index (χ4v) is 3.23. The minimum atomic E-state index is 0.631. The van der Waals surface area contributed by atoms with E-state index in [0.717, 1.165) is 6.54 Å². The number of hydrogen-bond acceptors (Lipinski definition) is 3. The van der Waals surface area contributed by atoms with Crippen LogP contribution in [0.3, 0.4) is 0 Å². The van der Waals surface area contributed by atoms with Crippen LogP contribution >= 0.6 is 11.8 Å². The standard InChI is InChI=1S/C13H20N2S/c1-10-5-3-7-12-13(10)15-11(9-16-12)6-4-8-14-2/h3,5,7,11,14-15H,4,6,8-9H2,1-2H3. The van der Waals surface area contributed by atoms with Gasteiger partial charge in [0.15, 0.2) is 0 Å². The van der Waals surface area contributed by atoms with Crippen molar-refractivity contribution in [3.63, 3.8) is 0 Å². The van der Waals surface area contributed by atoms with Crippen molar-refractivity contribution in [2.45, 2.75) is 30.7 Å². The molecular weight excluding hydrogens is 216 g/mol. The lowest BCUT2D eigenvalue weighted by Gasteiger charge is -2.27. The van der Waals surface area contributed by atoms with Gasteiger partial charge in [-0.3, -0.25) is 0 Å². The van der Waals surface area contributed by atoms with Gasteiger partial charge in [0, 0.05) is 16.7 Å². The van der Waals surface area contributed by atoms with Crippen LogP contribution in [0.4, 0.5) is 5.69 Å². The molecule has 0 bridgehead atoms. The molecule has 1 heterocycles. The van der Waals surface area contributed by atoms with E-state index in [0.29, 0.717) is 6.04 Å². The Morgan fingerprint density at radius 1 is 1.50 bits per heavy atom. The van der Waals surface area contributed by atoms with E-state index in [1.54, 1.807) is 0 Å². The minimum absolute atomic E-state index is 0.631. The first-order valence-electron chi connectivity index (χ1n) is 5.95. The van der Waals surface area contributed by atoms with Gasteiger partial charge in [-0.15, -0.1) is 11.8 Å². The van der Waals surface area contributed by atoms with Crippen LogP contribution in [0.2, 0.25) is 0 Å². The highest BCUT2D eigenvalue weighted by molar-refractivity contribution is 7.99. The van der Waals surface area contributed by atoms with Gasteiger partial charge in [0.2, 0.25) is 0 Å². The van der Waals surface area contributed by atoms with Crippen molar-refractivity contribution in [2.24, 2.45) is 0 Å². The molecule has 88 valence electrons. The first-order valence-corrected chi connectivity index (χ1v) is 6.93. The predicted octanol–water partition coefficient (Wildman–Crippen LogP) is 2.88. The zero-order valence-electron chi connectivity index (χ0n) is 10.0. The average molecular weight is 236 g/mol. The van der Waals surface area contributed by atoms with Crippen LogP contribution in [0.25, 0.3) is 0 Å². The van der Waals surface area contributed by atoms with Crippen LogP contribution in [0.1, 0.15) is 18.4 Å². The topological polar surface area (TPSA) is 24.1 Å². The van der Waals surface area contributed by atoms with Crippen molar-refractivity contribution in [2.75, 3.05) is 24.7 Å². The van der Waals surface area contributed by atoms with Crippen molar-refractivity contribution in [1.29, 1.82) is 0 Å². The average Bonchev–Trinajstić information content (AvgIpc) is 2.30. The number of hydrogen-bond donors (Lipinski definition) is 2. The van der Waals surface area contributed by atoms with Gasteiger partial charge in [-0.05, 0) is 45.0 Å². The number of para-hydroxylation sites is 1. The molecule has 1 aliphatic heterocycles. The molecule has 0 aromatic heterocycles. The molecule has 1 aliphatic rings. The molecule has 0 aliphatic carbocycles.